The highest BCUT2D eigenvalue weighted by atomic mass is 32.1. The minimum Gasteiger partial charge on any atom is -0.464 e. The van der Waals surface area contributed by atoms with Crippen molar-refractivity contribution in [1.29, 1.82) is 0 Å². The van der Waals surface area contributed by atoms with Gasteiger partial charge in [-0.3, -0.25) is 0 Å². The average Bonchev–Trinajstić information content (AvgIpc) is 1.88. The number of rotatable bonds is 4. The Hall–Kier alpha value is -0.220. The molecule has 0 aromatic heterocycles. The molecule has 0 aromatic rings. The molecule has 4 heteroatoms. The summed E-state index contributed by atoms with van der Waals surface area (Å²) in [5, 5.41) is 8.63. The third kappa shape index (κ3) is 4.64. The number of esters is 1. The molecule has 0 aliphatic carbocycles. The maximum atomic E-state index is 10.5. The van der Waals surface area contributed by atoms with E-state index in [9.17, 15) is 4.79 Å². The summed E-state index contributed by atoms with van der Waals surface area (Å²) in [6.07, 6.45) is -0.290. The summed E-state index contributed by atoms with van der Waals surface area (Å²) in [4.78, 5) is 10.5. The molecule has 0 saturated carbocycles. The van der Waals surface area contributed by atoms with Crippen LogP contribution >= 0.6 is 12.6 Å². The van der Waals surface area contributed by atoms with Crippen LogP contribution in [0.25, 0.3) is 0 Å². The SMILES string of the molecule is CC(O)C(=O)OCCCS. The van der Waals surface area contributed by atoms with Crippen molar-refractivity contribution in [2.24, 2.45) is 0 Å². The molecule has 0 rings (SSSR count). The van der Waals surface area contributed by atoms with Gasteiger partial charge < -0.3 is 9.84 Å². The number of aliphatic hydroxyl groups excluding tert-OH is 1. The first kappa shape index (κ1) is 9.78. The first-order valence-corrected chi connectivity index (χ1v) is 3.77. The van der Waals surface area contributed by atoms with E-state index in [2.05, 4.69) is 17.4 Å². The second kappa shape index (κ2) is 5.56. The molecular formula is C6H12O3S. The van der Waals surface area contributed by atoms with Crippen LogP contribution in [0.3, 0.4) is 0 Å². The molecule has 10 heavy (non-hydrogen) atoms. The van der Waals surface area contributed by atoms with Gasteiger partial charge in [-0.25, -0.2) is 4.79 Å². The second-order valence-electron chi connectivity index (χ2n) is 1.92. The summed E-state index contributed by atoms with van der Waals surface area (Å²) in [7, 11) is 0. The van der Waals surface area contributed by atoms with Gasteiger partial charge in [-0.2, -0.15) is 12.6 Å². The number of hydrogen-bond donors (Lipinski definition) is 2. The molecule has 3 nitrogen and oxygen atoms in total. The Morgan fingerprint density at radius 2 is 2.40 bits per heavy atom. The molecule has 0 bridgehead atoms. The van der Waals surface area contributed by atoms with Crippen LogP contribution in [0.1, 0.15) is 13.3 Å². The highest BCUT2D eigenvalue weighted by Crippen LogP contribution is 1.90. The number of carbonyl (C=O) groups excluding carboxylic acids is 1. The van der Waals surface area contributed by atoms with Crippen LogP contribution in [0.4, 0.5) is 0 Å². The van der Waals surface area contributed by atoms with E-state index in [1.807, 2.05) is 0 Å². The predicted molar refractivity (Wildman–Crippen MR) is 41.1 cm³/mol. The molecule has 1 unspecified atom stereocenters. The van der Waals surface area contributed by atoms with E-state index in [1.54, 1.807) is 0 Å². The number of aliphatic hydroxyl groups is 1. The topological polar surface area (TPSA) is 46.5 Å². The Morgan fingerprint density at radius 1 is 1.80 bits per heavy atom. The van der Waals surface area contributed by atoms with Crippen LogP contribution in [-0.4, -0.2) is 29.5 Å². The van der Waals surface area contributed by atoms with Gasteiger partial charge in [0.15, 0.2) is 0 Å². The molecule has 0 saturated heterocycles. The van der Waals surface area contributed by atoms with Gasteiger partial charge in [0.25, 0.3) is 0 Å². The molecule has 1 atom stereocenters. The lowest BCUT2D eigenvalue weighted by Gasteiger charge is -2.04. The van der Waals surface area contributed by atoms with Gasteiger partial charge >= 0.3 is 5.97 Å². The highest BCUT2D eigenvalue weighted by molar-refractivity contribution is 7.80. The van der Waals surface area contributed by atoms with Crippen LogP contribution in [0.5, 0.6) is 0 Å². The van der Waals surface area contributed by atoms with Crippen molar-refractivity contribution >= 4 is 18.6 Å². The van der Waals surface area contributed by atoms with Crippen molar-refractivity contribution in [3.05, 3.63) is 0 Å². The molecule has 0 heterocycles. The summed E-state index contributed by atoms with van der Waals surface area (Å²) < 4.78 is 4.61. The smallest absolute Gasteiger partial charge is 0.334 e. The predicted octanol–water partition coefficient (Wildman–Crippen LogP) is 0.230. The van der Waals surface area contributed by atoms with Gasteiger partial charge in [0.05, 0.1) is 6.61 Å². The van der Waals surface area contributed by atoms with E-state index >= 15 is 0 Å². The molecule has 0 aromatic carbocycles. The maximum absolute atomic E-state index is 10.5. The lowest BCUT2D eigenvalue weighted by atomic mass is 10.4. The monoisotopic (exact) mass is 164 g/mol. The minimum absolute atomic E-state index is 0.341. The summed E-state index contributed by atoms with van der Waals surface area (Å²) >= 11 is 3.92. The number of carbonyl (C=O) groups is 1. The van der Waals surface area contributed by atoms with Crippen molar-refractivity contribution in [2.45, 2.75) is 19.4 Å². The molecule has 0 aliphatic rings. The van der Waals surface area contributed by atoms with Crippen LogP contribution < -0.4 is 0 Å². The zero-order valence-corrected chi connectivity index (χ0v) is 6.80. The lowest BCUT2D eigenvalue weighted by Crippen LogP contribution is -2.19. The highest BCUT2D eigenvalue weighted by Gasteiger charge is 2.08. The van der Waals surface area contributed by atoms with Crippen molar-refractivity contribution in [2.75, 3.05) is 12.4 Å². The molecule has 0 fully saturated rings. The molecule has 0 spiro atoms. The standard InChI is InChI=1S/C6H12O3S/c1-5(7)6(8)9-3-2-4-10/h5,7,10H,2-4H2,1H3. The van der Waals surface area contributed by atoms with Crippen LogP contribution in [0.2, 0.25) is 0 Å². The summed E-state index contributed by atoms with van der Waals surface area (Å²) in [5.41, 5.74) is 0. The second-order valence-corrected chi connectivity index (χ2v) is 2.37. The third-order valence-electron chi connectivity index (χ3n) is 0.888. The van der Waals surface area contributed by atoms with Crippen molar-refractivity contribution < 1.29 is 14.6 Å². The Bertz CT molecular complexity index is 103. The Morgan fingerprint density at radius 3 is 2.80 bits per heavy atom. The van der Waals surface area contributed by atoms with E-state index in [0.29, 0.717) is 12.4 Å². The fourth-order valence-corrected chi connectivity index (χ4v) is 0.487. The zero-order chi connectivity index (χ0) is 7.98. The average molecular weight is 164 g/mol. The summed E-state index contributed by atoms with van der Waals surface area (Å²) in [6, 6.07) is 0. The third-order valence-corrected chi connectivity index (χ3v) is 1.20. The van der Waals surface area contributed by atoms with Gasteiger partial charge in [-0.15, -0.1) is 0 Å². The fourth-order valence-electron chi connectivity index (χ4n) is 0.358. The van der Waals surface area contributed by atoms with E-state index in [4.69, 9.17) is 5.11 Å². The first-order chi connectivity index (χ1) is 4.68. The Kier molecular flexibility index (Phi) is 5.43. The summed E-state index contributed by atoms with van der Waals surface area (Å²) in [5.74, 6) is 0.120. The van der Waals surface area contributed by atoms with Crippen LogP contribution in [0, 0.1) is 0 Å². The van der Waals surface area contributed by atoms with Crippen molar-refractivity contribution in [1.82, 2.24) is 0 Å². The van der Waals surface area contributed by atoms with Crippen molar-refractivity contribution in [3.63, 3.8) is 0 Å². The summed E-state index contributed by atoms with van der Waals surface area (Å²) in [6.45, 7) is 1.72. The van der Waals surface area contributed by atoms with E-state index in [1.165, 1.54) is 6.92 Å². The quantitative estimate of drug-likeness (QED) is 0.355. The van der Waals surface area contributed by atoms with Gasteiger partial charge in [0.2, 0.25) is 0 Å². The molecule has 60 valence electrons. The van der Waals surface area contributed by atoms with Crippen LogP contribution in [-0.2, 0) is 9.53 Å². The molecule has 0 aliphatic heterocycles. The first-order valence-electron chi connectivity index (χ1n) is 3.14. The molecule has 1 N–H and O–H groups in total. The van der Waals surface area contributed by atoms with Gasteiger partial charge in [0, 0.05) is 0 Å². The molecular weight excluding hydrogens is 152 g/mol. The lowest BCUT2D eigenvalue weighted by molar-refractivity contribution is -0.152. The normalized spacial score (nSPS) is 12.7. The van der Waals surface area contributed by atoms with Crippen molar-refractivity contribution in [3.8, 4) is 0 Å². The van der Waals surface area contributed by atoms with E-state index < -0.39 is 12.1 Å². The largest absolute Gasteiger partial charge is 0.464 e. The van der Waals surface area contributed by atoms with Gasteiger partial charge in [-0.05, 0) is 19.1 Å². The number of thiol groups is 1. The number of ether oxygens (including phenoxy) is 1. The maximum Gasteiger partial charge on any atom is 0.334 e. The minimum atomic E-state index is -1.01. The fraction of sp³-hybridized carbons (Fsp3) is 0.833. The molecule has 0 amide bonds. The zero-order valence-electron chi connectivity index (χ0n) is 5.91. The van der Waals surface area contributed by atoms with E-state index in [-0.39, 0.29) is 0 Å². The van der Waals surface area contributed by atoms with Gasteiger partial charge in [-0.1, -0.05) is 0 Å². The molecule has 0 radical (unpaired) electrons. The Balaban J connectivity index is 3.22. The van der Waals surface area contributed by atoms with Crippen LogP contribution in [0.15, 0.2) is 0 Å². The van der Waals surface area contributed by atoms with E-state index in [0.717, 1.165) is 6.42 Å². The van der Waals surface area contributed by atoms with Gasteiger partial charge in [0.1, 0.15) is 6.10 Å². The Labute approximate surface area is 65.8 Å². The number of hydrogen-bond acceptors (Lipinski definition) is 4.